The average Bonchev–Trinajstić information content (AvgIpc) is 2.81. The third kappa shape index (κ3) is 2.14. The number of aromatic nitrogens is 2. The molecule has 1 heterocycles. The Hall–Kier alpha value is -3.02. The maximum absolute atomic E-state index is 12.7. The highest BCUT2D eigenvalue weighted by Crippen LogP contribution is 2.22. The lowest BCUT2D eigenvalue weighted by Crippen LogP contribution is -2.14. The molecule has 0 N–H and O–H groups in total. The number of aryl methyl sites for hydroxylation is 2. The topological polar surface area (TPSA) is 78.0 Å². The monoisotopic (exact) mass is 295 g/mol. The van der Waals surface area contributed by atoms with Crippen LogP contribution in [0.3, 0.4) is 0 Å². The molecule has 22 heavy (non-hydrogen) atoms. The first-order valence-electron chi connectivity index (χ1n) is 6.73. The van der Waals surface area contributed by atoms with E-state index in [-0.39, 0.29) is 11.6 Å². The van der Waals surface area contributed by atoms with Crippen molar-refractivity contribution in [3.05, 3.63) is 69.5 Å². The molecule has 0 unspecified atom stereocenters. The molecule has 3 aromatic rings. The number of nitrogens with zero attached hydrogens (tertiary/aromatic N) is 3. The van der Waals surface area contributed by atoms with Crippen molar-refractivity contribution in [2.24, 2.45) is 0 Å². The van der Waals surface area contributed by atoms with Crippen LogP contribution in [-0.4, -0.2) is 20.4 Å². The van der Waals surface area contributed by atoms with Gasteiger partial charge in [-0.05, 0) is 38.1 Å². The minimum absolute atomic E-state index is 0.00348. The largest absolute Gasteiger partial charge is 0.272 e. The van der Waals surface area contributed by atoms with Gasteiger partial charge in [0.2, 0.25) is 0 Å². The van der Waals surface area contributed by atoms with E-state index < -0.39 is 4.92 Å². The number of rotatable bonds is 2. The Labute approximate surface area is 126 Å². The number of carbonyl (C=O) groups excluding carboxylic acids is 1. The lowest BCUT2D eigenvalue weighted by Gasteiger charge is -2.06. The Morgan fingerprint density at radius 2 is 1.91 bits per heavy atom. The van der Waals surface area contributed by atoms with Crippen molar-refractivity contribution in [1.29, 1.82) is 0 Å². The van der Waals surface area contributed by atoms with E-state index in [0.29, 0.717) is 17.0 Å². The molecule has 6 heteroatoms. The minimum atomic E-state index is -0.457. The Balaban J connectivity index is 2.12. The molecule has 0 atom stereocenters. The molecule has 0 spiro atoms. The minimum Gasteiger partial charge on any atom is -0.268 e. The maximum atomic E-state index is 12.7. The van der Waals surface area contributed by atoms with Gasteiger partial charge >= 0.3 is 0 Å². The van der Waals surface area contributed by atoms with E-state index >= 15 is 0 Å². The number of benzene rings is 2. The molecule has 3 rings (SSSR count). The van der Waals surface area contributed by atoms with Crippen LogP contribution in [0.15, 0.2) is 42.5 Å². The van der Waals surface area contributed by atoms with Crippen LogP contribution in [0.5, 0.6) is 0 Å². The van der Waals surface area contributed by atoms with Crippen LogP contribution in [0.4, 0.5) is 5.69 Å². The summed E-state index contributed by atoms with van der Waals surface area (Å²) in [4.78, 5) is 27.5. The van der Waals surface area contributed by atoms with Gasteiger partial charge in [-0.1, -0.05) is 12.1 Å². The zero-order valence-electron chi connectivity index (χ0n) is 12.1. The van der Waals surface area contributed by atoms with Crippen LogP contribution in [0, 0.1) is 24.0 Å². The second-order valence-corrected chi connectivity index (χ2v) is 5.05. The number of para-hydroxylation sites is 2. The highest BCUT2D eigenvalue weighted by atomic mass is 16.6. The molecule has 0 aliphatic rings. The predicted molar refractivity (Wildman–Crippen MR) is 82.0 cm³/mol. The first-order chi connectivity index (χ1) is 10.5. The summed E-state index contributed by atoms with van der Waals surface area (Å²) in [5.41, 5.74) is 2.32. The second-order valence-electron chi connectivity index (χ2n) is 5.05. The van der Waals surface area contributed by atoms with Gasteiger partial charge in [0, 0.05) is 17.2 Å². The molecule has 110 valence electrons. The van der Waals surface area contributed by atoms with Crippen molar-refractivity contribution in [1.82, 2.24) is 9.55 Å². The SMILES string of the molecule is Cc1cc(C(=O)n2c(C)nc3ccccc32)ccc1[N+](=O)[O-]. The molecule has 0 saturated carbocycles. The van der Waals surface area contributed by atoms with Crippen molar-refractivity contribution in [3.63, 3.8) is 0 Å². The van der Waals surface area contributed by atoms with Gasteiger partial charge in [-0.15, -0.1) is 0 Å². The third-order valence-electron chi connectivity index (χ3n) is 3.57. The van der Waals surface area contributed by atoms with Gasteiger partial charge in [-0.25, -0.2) is 4.98 Å². The van der Waals surface area contributed by atoms with Crippen molar-refractivity contribution in [3.8, 4) is 0 Å². The van der Waals surface area contributed by atoms with Crippen molar-refractivity contribution in [2.75, 3.05) is 0 Å². The molecule has 0 radical (unpaired) electrons. The number of imidazole rings is 1. The molecule has 0 saturated heterocycles. The molecule has 0 fully saturated rings. The molecule has 1 aromatic heterocycles. The standard InChI is InChI=1S/C16H13N3O3/c1-10-9-12(7-8-14(10)19(21)22)16(20)18-11(2)17-13-5-3-4-6-15(13)18/h3-9H,1-2H3. The molecular formula is C16H13N3O3. The fourth-order valence-electron chi connectivity index (χ4n) is 2.53. The Morgan fingerprint density at radius 1 is 1.18 bits per heavy atom. The van der Waals surface area contributed by atoms with E-state index in [2.05, 4.69) is 4.98 Å². The third-order valence-corrected chi connectivity index (χ3v) is 3.57. The van der Waals surface area contributed by atoms with Gasteiger partial charge < -0.3 is 0 Å². The summed E-state index contributed by atoms with van der Waals surface area (Å²) in [5, 5.41) is 10.9. The molecule has 2 aromatic carbocycles. The molecule has 6 nitrogen and oxygen atoms in total. The van der Waals surface area contributed by atoms with E-state index in [1.165, 1.54) is 22.8 Å². The fraction of sp³-hybridized carbons (Fsp3) is 0.125. The maximum Gasteiger partial charge on any atom is 0.272 e. The average molecular weight is 295 g/mol. The predicted octanol–water partition coefficient (Wildman–Crippen LogP) is 3.25. The van der Waals surface area contributed by atoms with Crippen LogP contribution in [-0.2, 0) is 0 Å². The summed E-state index contributed by atoms with van der Waals surface area (Å²) in [6.45, 7) is 3.38. The Kier molecular flexibility index (Phi) is 3.21. The Bertz CT molecular complexity index is 912. The quantitative estimate of drug-likeness (QED) is 0.537. The first kappa shape index (κ1) is 13.9. The fourth-order valence-corrected chi connectivity index (χ4v) is 2.53. The number of hydrogen-bond acceptors (Lipinski definition) is 4. The van der Waals surface area contributed by atoms with Gasteiger partial charge in [0.15, 0.2) is 0 Å². The van der Waals surface area contributed by atoms with Gasteiger partial charge in [0.05, 0.1) is 16.0 Å². The van der Waals surface area contributed by atoms with Crippen molar-refractivity contribution in [2.45, 2.75) is 13.8 Å². The normalized spacial score (nSPS) is 10.8. The molecule has 0 aliphatic heterocycles. The second kappa shape index (κ2) is 5.07. The van der Waals surface area contributed by atoms with Crippen molar-refractivity contribution < 1.29 is 9.72 Å². The lowest BCUT2D eigenvalue weighted by atomic mass is 10.1. The van der Waals surface area contributed by atoms with Gasteiger partial charge in [-0.3, -0.25) is 19.5 Å². The highest BCUT2D eigenvalue weighted by molar-refractivity contribution is 6.02. The smallest absolute Gasteiger partial charge is 0.268 e. The number of nitro benzene ring substituents is 1. The summed E-state index contributed by atoms with van der Waals surface area (Å²) >= 11 is 0. The number of carbonyl (C=O) groups is 1. The molecule has 0 bridgehead atoms. The molecule has 0 amide bonds. The summed E-state index contributed by atoms with van der Waals surface area (Å²) in [6, 6.07) is 11.7. The van der Waals surface area contributed by atoms with E-state index in [9.17, 15) is 14.9 Å². The Morgan fingerprint density at radius 3 is 2.59 bits per heavy atom. The van der Waals surface area contributed by atoms with Crippen LogP contribution in [0.25, 0.3) is 11.0 Å². The van der Waals surface area contributed by atoms with Gasteiger partial charge in [0.1, 0.15) is 5.82 Å². The van der Waals surface area contributed by atoms with E-state index in [1.807, 2.05) is 24.3 Å². The number of hydrogen-bond donors (Lipinski definition) is 0. The molecule has 0 aliphatic carbocycles. The van der Waals surface area contributed by atoms with E-state index in [4.69, 9.17) is 0 Å². The number of fused-ring (bicyclic) bond motifs is 1. The lowest BCUT2D eigenvalue weighted by molar-refractivity contribution is -0.385. The van der Waals surface area contributed by atoms with Crippen LogP contribution >= 0.6 is 0 Å². The zero-order valence-corrected chi connectivity index (χ0v) is 12.1. The summed E-state index contributed by atoms with van der Waals surface area (Å²) in [5.74, 6) is 0.339. The highest BCUT2D eigenvalue weighted by Gasteiger charge is 2.18. The van der Waals surface area contributed by atoms with Crippen LogP contribution in [0.1, 0.15) is 21.7 Å². The zero-order chi connectivity index (χ0) is 15.9. The number of nitro groups is 1. The van der Waals surface area contributed by atoms with Crippen molar-refractivity contribution >= 4 is 22.6 Å². The van der Waals surface area contributed by atoms with Crippen LogP contribution < -0.4 is 0 Å². The van der Waals surface area contributed by atoms with Crippen LogP contribution in [0.2, 0.25) is 0 Å². The van der Waals surface area contributed by atoms with Gasteiger partial charge in [0.25, 0.3) is 11.6 Å². The van der Waals surface area contributed by atoms with E-state index in [1.54, 1.807) is 13.8 Å². The molecular weight excluding hydrogens is 282 g/mol. The van der Waals surface area contributed by atoms with Gasteiger partial charge in [-0.2, -0.15) is 0 Å². The first-order valence-corrected chi connectivity index (χ1v) is 6.73. The summed E-state index contributed by atoms with van der Waals surface area (Å²) in [7, 11) is 0. The summed E-state index contributed by atoms with van der Waals surface area (Å²) < 4.78 is 1.52. The summed E-state index contributed by atoms with van der Waals surface area (Å²) in [6.07, 6.45) is 0. The van der Waals surface area contributed by atoms with E-state index in [0.717, 1.165) is 11.0 Å².